The molecule has 0 radical (unpaired) electrons. The Morgan fingerprint density at radius 3 is 2.46 bits per heavy atom. The normalized spacial score (nSPS) is 15.2. The zero-order valence-corrected chi connectivity index (χ0v) is 9.22. The molecule has 0 aromatic heterocycles. The first-order chi connectivity index (χ1) is 6.04. The van der Waals surface area contributed by atoms with Gasteiger partial charge in [0, 0.05) is 0 Å². The van der Waals surface area contributed by atoms with Crippen LogP contribution in [0.25, 0.3) is 0 Å². The standard InChI is InChI=1S/C10H21N3/c1-5-10(2,12-9-11)7-6-8-13(3)4/h11H,5-8H2,1-4H3. The van der Waals surface area contributed by atoms with Gasteiger partial charge in [0.25, 0.3) is 0 Å². The minimum absolute atomic E-state index is 0.0717. The Kier molecular flexibility index (Phi) is 5.60. The number of hydrogen-bond acceptors (Lipinski definition) is 3. The van der Waals surface area contributed by atoms with Crippen molar-refractivity contribution in [3.8, 4) is 0 Å². The molecule has 76 valence electrons. The van der Waals surface area contributed by atoms with E-state index in [2.05, 4.69) is 43.8 Å². The molecule has 0 heterocycles. The highest BCUT2D eigenvalue weighted by molar-refractivity contribution is 5.37. The lowest BCUT2D eigenvalue weighted by Gasteiger charge is -2.22. The van der Waals surface area contributed by atoms with Crippen LogP contribution in [0.5, 0.6) is 0 Å². The lowest BCUT2D eigenvalue weighted by atomic mass is 9.93. The van der Waals surface area contributed by atoms with Crippen LogP contribution in [0.15, 0.2) is 4.99 Å². The fourth-order valence-corrected chi connectivity index (χ4v) is 1.22. The first-order valence-electron chi connectivity index (χ1n) is 4.82. The summed E-state index contributed by atoms with van der Waals surface area (Å²) in [6, 6.07) is 2.16. The zero-order chi connectivity index (χ0) is 10.3. The summed E-state index contributed by atoms with van der Waals surface area (Å²) in [5.41, 5.74) is -0.0717. The molecule has 1 unspecified atom stereocenters. The van der Waals surface area contributed by atoms with Crippen molar-refractivity contribution < 1.29 is 0 Å². The van der Waals surface area contributed by atoms with E-state index in [1.165, 1.54) is 0 Å². The fraction of sp³-hybridized carbons (Fsp3) is 0.900. The van der Waals surface area contributed by atoms with Crippen LogP contribution in [0.2, 0.25) is 0 Å². The highest BCUT2D eigenvalue weighted by Gasteiger charge is 2.19. The van der Waals surface area contributed by atoms with Crippen molar-refractivity contribution in [2.24, 2.45) is 4.99 Å². The van der Waals surface area contributed by atoms with E-state index in [-0.39, 0.29) is 5.54 Å². The minimum Gasteiger partial charge on any atom is -0.309 e. The second-order valence-electron chi connectivity index (χ2n) is 3.98. The van der Waals surface area contributed by atoms with Crippen molar-refractivity contribution in [3.05, 3.63) is 0 Å². The lowest BCUT2D eigenvalue weighted by molar-refractivity contribution is 0.345. The SMILES string of the molecule is CCC(C)(CCCN(C)C)N=C=N. The molecule has 0 aromatic carbocycles. The Balaban J connectivity index is 3.90. The van der Waals surface area contributed by atoms with Gasteiger partial charge in [0.05, 0.1) is 11.5 Å². The highest BCUT2D eigenvalue weighted by atomic mass is 15.0. The summed E-state index contributed by atoms with van der Waals surface area (Å²) in [5, 5.41) is 6.85. The molecule has 13 heavy (non-hydrogen) atoms. The van der Waals surface area contributed by atoms with Crippen LogP contribution in [0, 0.1) is 5.41 Å². The van der Waals surface area contributed by atoms with E-state index in [9.17, 15) is 0 Å². The van der Waals surface area contributed by atoms with Crippen LogP contribution in [-0.2, 0) is 0 Å². The Morgan fingerprint density at radius 1 is 1.46 bits per heavy atom. The van der Waals surface area contributed by atoms with E-state index < -0.39 is 0 Å². The summed E-state index contributed by atoms with van der Waals surface area (Å²) in [4.78, 5) is 6.24. The average Bonchev–Trinajstić information content (AvgIpc) is 2.04. The van der Waals surface area contributed by atoms with E-state index in [0.717, 1.165) is 25.8 Å². The van der Waals surface area contributed by atoms with Gasteiger partial charge in [-0.25, -0.2) is 10.4 Å². The van der Waals surface area contributed by atoms with Gasteiger partial charge in [0.15, 0.2) is 0 Å². The fourth-order valence-electron chi connectivity index (χ4n) is 1.22. The predicted molar refractivity (Wildman–Crippen MR) is 56.6 cm³/mol. The second kappa shape index (κ2) is 5.90. The van der Waals surface area contributed by atoms with Crippen LogP contribution in [0.3, 0.4) is 0 Å². The maximum atomic E-state index is 6.85. The molecule has 0 aromatic rings. The number of nitrogens with zero attached hydrogens (tertiary/aromatic N) is 2. The third kappa shape index (κ3) is 5.56. The van der Waals surface area contributed by atoms with Crippen LogP contribution in [0.4, 0.5) is 0 Å². The average molecular weight is 183 g/mol. The molecule has 0 saturated heterocycles. The summed E-state index contributed by atoms with van der Waals surface area (Å²) in [5.74, 6) is 0. The lowest BCUT2D eigenvalue weighted by Crippen LogP contribution is -2.23. The molecule has 3 heteroatoms. The molecular formula is C10H21N3. The molecule has 0 saturated carbocycles. The second-order valence-corrected chi connectivity index (χ2v) is 3.98. The smallest absolute Gasteiger partial charge is 0.0867 e. The monoisotopic (exact) mass is 183 g/mol. The molecule has 1 atom stereocenters. The van der Waals surface area contributed by atoms with Crippen molar-refractivity contribution >= 4 is 6.01 Å². The van der Waals surface area contributed by atoms with Gasteiger partial charge in [-0.3, -0.25) is 0 Å². The topological polar surface area (TPSA) is 39.5 Å². The van der Waals surface area contributed by atoms with E-state index in [0.29, 0.717) is 0 Å². The zero-order valence-electron chi connectivity index (χ0n) is 9.22. The molecule has 0 aliphatic carbocycles. The van der Waals surface area contributed by atoms with E-state index in [1.54, 1.807) is 0 Å². The van der Waals surface area contributed by atoms with E-state index in [4.69, 9.17) is 5.41 Å². The number of aliphatic imine (C=N–C) groups is 1. The molecule has 0 bridgehead atoms. The number of rotatable bonds is 6. The Bertz CT molecular complexity index is 183. The predicted octanol–water partition coefficient (Wildman–Crippen LogP) is 2.25. The molecule has 0 aliphatic rings. The minimum atomic E-state index is -0.0717. The highest BCUT2D eigenvalue weighted by Crippen LogP contribution is 2.20. The molecule has 0 amide bonds. The van der Waals surface area contributed by atoms with Gasteiger partial charge in [-0.2, -0.15) is 0 Å². The molecule has 3 nitrogen and oxygen atoms in total. The largest absolute Gasteiger partial charge is 0.309 e. The molecule has 0 fully saturated rings. The number of hydrogen-bond donors (Lipinski definition) is 1. The molecule has 0 rings (SSSR count). The summed E-state index contributed by atoms with van der Waals surface area (Å²) >= 11 is 0. The third-order valence-corrected chi connectivity index (χ3v) is 2.41. The Morgan fingerprint density at radius 2 is 2.08 bits per heavy atom. The number of nitrogens with one attached hydrogen (secondary N) is 1. The first-order valence-corrected chi connectivity index (χ1v) is 4.82. The van der Waals surface area contributed by atoms with Gasteiger partial charge in [-0.15, -0.1) is 0 Å². The molecule has 1 N–H and O–H groups in total. The third-order valence-electron chi connectivity index (χ3n) is 2.41. The van der Waals surface area contributed by atoms with E-state index >= 15 is 0 Å². The summed E-state index contributed by atoms with van der Waals surface area (Å²) in [7, 11) is 4.15. The van der Waals surface area contributed by atoms with E-state index in [1.807, 2.05) is 0 Å². The van der Waals surface area contributed by atoms with Crippen molar-refractivity contribution in [2.45, 2.75) is 38.6 Å². The van der Waals surface area contributed by atoms with Crippen LogP contribution < -0.4 is 0 Å². The van der Waals surface area contributed by atoms with Crippen molar-refractivity contribution in [1.29, 1.82) is 5.41 Å². The van der Waals surface area contributed by atoms with Crippen LogP contribution >= 0.6 is 0 Å². The Hall–Kier alpha value is -0.660. The quantitative estimate of drug-likeness (QED) is 0.630. The maximum Gasteiger partial charge on any atom is 0.0867 e. The van der Waals surface area contributed by atoms with Gasteiger partial charge in [-0.1, -0.05) is 6.92 Å². The summed E-state index contributed by atoms with van der Waals surface area (Å²) in [6.45, 7) is 5.28. The van der Waals surface area contributed by atoms with Crippen molar-refractivity contribution in [2.75, 3.05) is 20.6 Å². The first kappa shape index (κ1) is 12.3. The van der Waals surface area contributed by atoms with Crippen LogP contribution in [0.1, 0.15) is 33.1 Å². The van der Waals surface area contributed by atoms with Gasteiger partial charge >= 0.3 is 0 Å². The Labute approximate surface area is 81.4 Å². The molecule has 0 spiro atoms. The summed E-state index contributed by atoms with van der Waals surface area (Å²) in [6.07, 6.45) is 3.14. The van der Waals surface area contributed by atoms with Gasteiger partial charge in [-0.05, 0) is 46.8 Å². The van der Waals surface area contributed by atoms with Crippen molar-refractivity contribution in [1.82, 2.24) is 4.90 Å². The van der Waals surface area contributed by atoms with Gasteiger partial charge in [0.1, 0.15) is 0 Å². The van der Waals surface area contributed by atoms with Gasteiger partial charge in [0.2, 0.25) is 0 Å². The van der Waals surface area contributed by atoms with Crippen LogP contribution in [-0.4, -0.2) is 37.1 Å². The molecular weight excluding hydrogens is 162 g/mol. The van der Waals surface area contributed by atoms with Gasteiger partial charge < -0.3 is 4.90 Å². The van der Waals surface area contributed by atoms with Crippen molar-refractivity contribution in [3.63, 3.8) is 0 Å². The summed E-state index contributed by atoms with van der Waals surface area (Å²) < 4.78 is 0. The maximum absolute atomic E-state index is 6.85. The molecule has 0 aliphatic heterocycles.